The van der Waals surface area contributed by atoms with Crippen molar-refractivity contribution < 1.29 is 23.8 Å². The van der Waals surface area contributed by atoms with Crippen molar-refractivity contribution in [2.45, 2.75) is 25.9 Å². The van der Waals surface area contributed by atoms with Crippen molar-refractivity contribution in [3.63, 3.8) is 0 Å². The summed E-state index contributed by atoms with van der Waals surface area (Å²) < 4.78 is 16.9. The maximum absolute atomic E-state index is 13.3. The Morgan fingerprint density at radius 1 is 1.03 bits per heavy atom. The van der Waals surface area contributed by atoms with Crippen molar-refractivity contribution in [2.75, 3.05) is 18.6 Å². The second-order valence-corrected chi connectivity index (χ2v) is 8.96. The Balaban J connectivity index is 1.47. The van der Waals surface area contributed by atoms with Crippen LogP contribution in [0, 0.1) is 6.92 Å². The highest BCUT2D eigenvalue weighted by molar-refractivity contribution is 6.31. The summed E-state index contributed by atoms with van der Waals surface area (Å²) in [7, 11) is 1.56. The summed E-state index contributed by atoms with van der Waals surface area (Å²) in [4.78, 5) is 27.7. The van der Waals surface area contributed by atoms with Gasteiger partial charge in [-0.15, -0.1) is 0 Å². The maximum atomic E-state index is 13.3. The number of nitrogens with zero attached hydrogens (tertiary/aromatic N) is 1. The second-order valence-electron chi connectivity index (χ2n) is 8.55. The Hall–Kier alpha value is -3.77. The van der Waals surface area contributed by atoms with Gasteiger partial charge >= 0.3 is 5.97 Å². The largest absolute Gasteiger partial charge is 0.493 e. The lowest BCUT2D eigenvalue weighted by Gasteiger charge is -2.32. The van der Waals surface area contributed by atoms with Gasteiger partial charge in [-0.05, 0) is 48.4 Å². The summed E-state index contributed by atoms with van der Waals surface area (Å²) in [5.41, 5.74) is 4.52. The summed E-state index contributed by atoms with van der Waals surface area (Å²) in [6.07, 6.45) is 0.144. The Labute approximate surface area is 208 Å². The predicted octanol–water partition coefficient (Wildman–Crippen LogP) is 5.57. The Morgan fingerprint density at radius 2 is 1.86 bits per heavy atom. The smallest absolute Gasteiger partial charge is 0.336 e. The van der Waals surface area contributed by atoms with E-state index in [0.29, 0.717) is 27.8 Å². The molecule has 0 fully saturated rings. The number of amides is 1. The van der Waals surface area contributed by atoms with E-state index < -0.39 is 11.9 Å². The van der Waals surface area contributed by atoms with Gasteiger partial charge < -0.3 is 14.2 Å². The SMILES string of the molecule is COc1cc(C2CC(=O)N(c3cccc(C)c3)C3=C2C(=O)OC3)ccc1OCc1ccccc1Cl. The van der Waals surface area contributed by atoms with Crippen molar-refractivity contribution in [3.8, 4) is 11.5 Å². The monoisotopic (exact) mass is 489 g/mol. The molecule has 1 atom stereocenters. The van der Waals surface area contributed by atoms with Crippen molar-refractivity contribution in [2.24, 2.45) is 0 Å². The molecule has 1 amide bonds. The highest BCUT2D eigenvalue weighted by atomic mass is 35.5. The van der Waals surface area contributed by atoms with Gasteiger partial charge in [0.1, 0.15) is 13.2 Å². The maximum Gasteiger partial charge on any atom is 0.336 e. The number of hydrogen-bond acceptors (Lipinski definition) is 5. The minimum atomic E-state index is -0.430. The van der Waals surface area contributed by atoms with Crippen LogP contribution in [-0.4, -0.2) is 25.6 Å². The number of carbonyl (C=O) groups is 2. The van der Waals surface area contributed by atoms with Gasteiger partial charge in [0.05, 0.1) is 18.4 Å². The first-order chi connectivity index (χ1) is 17.0. The molecule has 3 aromatic rings. The number of anilines is 1. The zero-order valence-electron chi connectivity index (χ0n) is 19.4. The van der Waals surface area contributed by atoms with E-state index in [1.807, 2.05) is 67.6 Å². The van der Waals surface area contributed by atoms with Gasteiger partial charge in [0.2, 0.25) is 5.91 Å². The zero-order valence-corrected chi connectivity index (χ0v) is 20.2. The molecule has 1 unspecified atom stereocenters. The number of hydrogen-bond donors (Lipinski definition) is 0. The van der Waals surface area contributed by atoms with Crippen LogP contribution in [0.15, 0.2) is 78.0 Å². The lowest BCUT2D eigenvalue weighted by atomic mass is 9.84. The third-order valence-electron chi connectivity index (χ3n) is 6.31. The second kappa shape index (κ2) is 9.47. The fourth-order valence-corrected chi connectivity index (χ4v) is 4.79. The Bertz CT molecular complexity index is 1350. The van der Waals surface area contributed by atoms with E-state index in [-0.39, 0.29) is 25.5 Å². The van der Waals surface area contributed by atoms with Gasteiger partial charge in [0.15, 0.2) is 11.5 Å². The first kappa shape index (κ1) is 23.0. The number of ether oxygens (including phenoxy) is 3. The summed E-state index contributed by atoms with van der Waals surface area (Å²) >= 11 is 6.24. The number of aryl methyl sites for hydroxylation is 1. The number of esters is 1. The molecule has 7 heteroatoms. The molecule has 2 aliphatic heterocycles. The number of methoxy groups -OCH3 is 1. The first-order valence-electron chi connectivity index (χ1n) is 11.3. The van der Waals surface area contributed by atoms with Gasteiger partial charge in [-0.3, -0.25) is 9.69 Å². The fraction of sp³-hybridized carbons (Fsp3) is 0.214. The number of rotatable bonds is 6. The molecule has 35 heavy (non-hydrogen) atoms. The predicted molar refractivity (Wildman–Crippen MR) is 133 cm³/mol. The third-order valence-corrected chi connectivity index (χ3v) is 6.68. The molecule has 0 N–H and O–H groups in total. The number of carbonyl (C=O) groups excluding carboxylic acids is 2. The van der Waals surface area contributed by atoms with Crippen molar-refractivity contribution in [1.82, 2.24) is 0 Å². The Morgan fingerprint density at radius 3 is 2.63 bits per heavy atom. The van der Waals surface area contributed by atoms with Gasteiger partial charge in [0, 0.05) is 28.6 Å². The summed E-state index contributed by atoms with van der Waals surface area (Å²) in [5.74, 6) is 0.142. The van der Waals surface area contributed by atoms with E-state index in [1.54, 1.807) is 18.1 Å². The van der Waals surface area contributed by atoms with Crippen LogP contribution in [0.1, 0.15) is 29.0 Å². The highest BCUT2D eigenvalue weighted by Crippen LogP contribution is 2.43. The molecule has 0 saturated heterocycles. The average Bonchev–Trinajstić information content (AvgIpc) is 3.24. The van der Waals surface area contributed by atoms with Crippen LogP contribution in [-0.2, 0) is 20.9 Å². The van der Waals surface area contributed by atoms with E-state index >= 15 is 0 Å². The summed E-state index contributed by atoms with van der Waals surface area (Å²) in [5, 5.41) is 0.626. The van der Waals surface area contributed by atoms with Crippen LogP contribution in [0.4, 0.5) is 5.69 Å². The summed E-state index contributed by atoms with van der Waals surface area (Å²) in [6.45, 7) is 2.32. The van der Waals surface area contributed by atoms with E-state index in [9.17, 15) is 9.59 Å². The van der Waals surface area contributed by atoms with E-state index in [0.717, 1.165) is 22.4 Å². The molecule has 0 aliphatic carbocycles. The van der Waals surface area contributed by atoms with Crippen molar-refractivity contribution in [1.29, 1.82) is 0 Å². The molecule has 0 bridgehead atoms. The van der Waals surface area contributed by atoms with Gasteiger partial charge in [-0.1, -0.05) is 48.0 Å². The quantitative estimate of drug-likeness (QED) is 0.424. The molecule has 2 aliphatic rings. The lowest BCUT2D eigenvalue weighted by Crippen LogP contribution is -2.37. The molecule has 178 valence electrons. The minimum Gasteiger partial charge on any atom is -0.493 e. The average molecular weight is 490 g/mol. The minimum absolute atomic E-state index is 0.0700. The molecule has 0 aromatic heterocycles. The van der Waals surface area contributed by atoms with E-state index in [2.05, 4.69) is 0 Å². The van der Waals surface area contributed by atoms with Gasteiger partial charge in [-0.25, -0.2) is 4.79 Å². The molecule has 6 nitrogen and oxygen atoms in total. The number of benzene rings is 3. The van der Waals surface area contributed by atoms with Crippen LogP contribution in [0.5, 0.6) is 11.5 Å². The topological polar surface area (TPSA) is 65.1 Å². The van der Waals surface area contributed by atoms with Crippen molar-refractivity contribution in [3.05, 3.63) is 99.7 Å². The first-order valence-corrected chi connectivity index (χ1v) is 11.7. The van der Waals surface area contributed by atoms with Crippen molar-refractivity contribution >= 4 is 29.2 Å². The molecule has 0 saturated carbocycles. The molecule has 3 aromatic carbocycles. The van der Waals surface area contributed by atoms with E-state index in [4.69, 9.17) is 25.8 Å². The lowest BCUT2D eigenvalue weighted by molar-refractivity contribution is -0.136. The molecular formula is C28H24ClNO5. The van der Waals surface area contributed by atoms with Crippen LogP contribution in [0.3, 0.4) is 0 Å². The Kier molecular flexibility index (Phi) is 6.22. The van der Waals surface area contributed by atoms with Crippen LogP contribution in [0.25, 0.3) is 0 Å². The molecule has 0 radical (unpaired) electrons. The van der Waals surface area contributed by atoms with Gasteiger partial charge in [0.25, 0.3) is 0 Å². The van der Waals surface area contributed by atoms with E-state index in [1.165, 1.54) is 0 Å². The third kappa shape index (κ3) is 4.37. The normalized spacial score (nSPS) is 17.3. The molecule has 0 spiro atoms. The number of halogens is 1. The van der Waals surface area contributed by atoms with Crippen LogP contribution in [0.2, 0.25) is 5.02 Å². The highest BCUT2D eigenvalue weighted by Gasteiger charge is 2.43. The zero-order chi connectivity index (χ0) is 24.5. The molecular weight excluding hydrogens is 466 g/mol. The van der Waals surface area contributed by atoms with Crippen LogP contribution < -0.4 is 14.4 Å². The van der Waals surface area contributed by atoms with Crippen LogP contribution >= 0.6 is 11.6 Å². The fourth-order valence-electron chi connectivity index (χ4n) is 4.60. The number of cyclic esters (lactones) is 1. The molecule has 5 rings (SSSR count). The summed E-state index contributed by atoms with van der Waals surface area (Å²) in [6, 6.07) is 20.6. The molecule has 2 heterocycles. The van der Waals surface area contributed by atoms with Gasteiger partial charge in [-0.2, -0.15) is 0 Å². The standard InChI is InChI=1S/C28H24ClNO5/c1-17-6-5-8-20(12-17)30-23-16-35-28(32)27(23)21(14-26(30)31)18-10-11-24(25(13-18)33-2)34-15-19-7-3-4-9-22(19)29/h3-13,21H,14-16H2,1-2H3.